The summed E-state index contributed by atoms with van der Waals surface area (Å²) in [4.78, 5) is 14.8. The Labute approximate surface area is 146 Å². The third kappa shape index (κ3) is 4.35. The number of carbonyl (C=O) groups excluding carboxylic acids is 1. The average molecular weight is 345 g/mol. The van der Waals surface area contributed by atoms with Gasteiger partial charge in [0.05, 0.1) is 0 Å². The zero-order valence-electron chi connectivity index (χ0n) is 14.3. The third-order valence-electron chi connectivity index (χ3n) is 4.19. The van der Waals surface area contributed by atoms with E-state index in [0.717, 1.165) is 18.4 Å². The van der Waals surface area contributed by atoms with E-state index in [9.17, 15) is 13.6 Å². The molecule has 1 aliphatic rings. The molecule has 25 heavy (non-hydrogen) atoms. The molecule has 1 aliphatic carbocycles. The van der Waals surface area contributed by atoms with E-state index in [0.29, 0.717) is 12.3 Å². The molecule has 2 aromatic carbocycles. The maximum Gasteiger partial charge on any atom is 0.266 e. The molecule has 0 radical (unpaired) electrons. The van der Waals surface area contributed by atoms with Gasteiger partial charge in [0.25, 0.3) is 5.91 Å². The van der Waals surface area contributed by atoms with E-state index >= 15 is 0 Å². The van der Waals surface area contributed by atoms with Gasteiger partial charge in [-0.2, -0.15) is 0 Å². The molecule has 3 rings (SSSR count). The Hall–Kier alpha value is -2.43. The van der Waals surface area contributed by atoms with E-state index < -0.39 is 5.60 Å². The molecule has 132 valence electrons. The normalized spacial score (nSPS) is 14.2. The van der Waals surface area contributed by atoms with E-state index in [-0.39, 0.29) is 23.6 Å². The van der Waals surface area contributed by atoms with Crippen LogP contribution < -0.4 is 4.74 Å². The van der Waals surface area contributed by atoms with Crippen LogP contribution in [0.25, 0.3) is 0 Å². The Balaban J connectivity index is 1.76. The van der Waals surface area contributed by atoms with Crippen LogP contribution in [-0.2, 0) is 11.3 Å². The molecule has 0 spiro atoms. The molecule has 0 saturated heterocycles. The zero-order valence-corrected chi connectivity index (χ0v) is 14.3. The number of rotatable bonds is 6. The molecule has 0 atom stereocenters. The second-order valence-corrected chi connectivity index (χ2v) is 6.86. The topological polar surface area (TPSA) is 29.5 Å². The number of carbonyl (C=O) groups is 1. The molecule has 1 fully saturated rings. The van der Waals surface area contributed by atoms with E-state index in [2.05, 4.69) is 0 Å². The van der Waals surface area contributed by atoms with Crippen molar-refractivity contribution >= 4 is 5.91 Å². The minimum Gasteiger partial charge on any atom is -0.478 e. The van der Waals surface area contributed by atoms with Gasteiger partial charge in [-0.3, -0.25) is 4.79 Å². The van der Waals surface area contributed by atoms with E-state index in [1.807, 2.05) is 0 Å². The first kappa shape index (κ1) is 17.4. The largest absolute Gasteiger partial charge is 0.478 e. The fourth-order valence-electron chi connectivity index (χ4n) is 2.77. The van der Waals surface area contributed by atoms with Crippen molar-refractivity contribution in [2.24, 2.45) is 0 Å². The van der Waals surface area contributed by atoms with Crippen molar-refractivity contribution in [1.82, 2.24) is 4.90 Å². The van der Waals surface area contributed by atoms with Gasteiger partial charge < -0.3 is 9.64 Å². The maximum atomic E-state index is 13.4. The molecule has 5 heteroatoms. The van der Waals surface area contributed by atoms with Gasteiger partial charge >= 0.3 is 0 Å². The highest BCUT2D eigenvalue weighted by Gasteiger charge is 2.41. The van der Waals surface area contributed by atoms with Crippen molar-refractivity contribution in [2.45, 2.75) is 44.9 Å². The highest BCUT2D eigenvalue weighted by Crippen LogP contribution is 2.32. The fraction of sp³-hybridized carbons (Fsp3) is 0.350. The van der Waals surface area contributed by atoms with E-state index in [1.54, 1.807) is 30.9 Å². The number of hydrogen-bond acceptors (Lipinski definition) is 2. The van der Waals surface area contributed by atoms with Crippen molar-refractivity contribution in [3.63, 3.8) is 0 Å². The molecule has 0 aromatic heterocycles. The van der Waals surface area contributed by atoms with Crippen LogP contribution in [0.1, 0.15) is 32.3 Å². The summed E-state index contributed by atoms with van der Waals surface area (Å²) >= 11 is 0. The summed E-state index contributed by atoms with van der Waals surface area (Å²) in [6, 6.07) is 12.0. The molecular formula is C20H21F2NO2. The Morgan fingerprint density at radius 3 is 2.40 bits per heavy atom. The minimum atomic E-state index is -1.10. The summed E-state index contributed by atoms with van der Waals surface area (Å²) in [7, 11) is 0. The SMILES string of the molecule is CC(C)(Oc1ccc(F)cc1)C(=O)N(Cc1cccc(F)c1)C1CC1. The van der Waals surface area contributed by atoms with Crippen molar-refractivity contribution in [3.05, 3.63) is 65.7 Å². The van der Waals surface area contributed by atoms with Crippen molar-refractivity contribution in [1.29, 1.82) is 0 Å². The molecular weight excluding hydrogens is 324 g/mol. The van der Waals surface area contributed by atoms with Gasteiger partial charge in [0.2, 0.25) is 0 Å². The predicted molar refractivity (Wildman–Crippen MR) is 91.1 cm³/mol. The van der Waals surface area contributed by atoms with E-state index in [1.165, 1.54) is 36.4 Å². The van der Waals surface area contributed by atoms with Gasteiger partial charge in [0.1, 0.15) is 17.4 Å². The van der Waals surface area contributed by atoms with Crippen molar-refractivity contribution < 1.29 is 18.3 Å². The quantitative estimate of drug-likeness (QED) is 0.781. The van der Waals surface area contributed by atoms with Crippen LogP contribution >= 0.6 is 0 Å². The Bertz CT molecular complexity index is 755. The van der Waals surface area contributed by atoms with Crippen LogP contribution in [-0.4, -0.2) is 22.4 Å². The molecule has 1 amide bonds. The molecule has 0 N–H and O–H groups in total. The zero-order chi connectivity index (χ0) is 18.0. The lowest BCUT2D eigenvalue weighted by atomic mass is 10.1. The number of amides is 1. The van der Waals surface area contributed by atoms with E-state index in [4.69, 9.17) is 4.74 Å². The average Bonchev–Trinajstić information content (AvgIpc) is 3.39. The molecule has 2 aromatic rings. The fourth-order valence-corrected chi connectivity index (χ4v) is 2.77. The first-order chi connectivity index (χ1) is 11.8. The predicted octanol–water partition coefficient (Wildman–Crippen LogP) is 4.31. The lowest BCUT2D eigenvalue weighted by Gasteiger charge is -2.32. The minimum absolute atomic E-state index is 0.159. The summed E-state index contributed by atoms with van der Waals surface area (Å²) in [5.41, 5.74) is -0.355. The monoisotopic (exact) mass is 345 g/mol. The summed E-state index contributed by atoms with van der Waals surface area (Å²) < 4.78 is 32.3. The maximum absolute atomic E-state index is 13.4. The molecule has 0 bridgehead atoms. The summed E-state index contributed by atoms with van der Waals surface area (Å²) in [6.07, 6.45) is 1.88. The van der Waals surface area contributed by atoms with Crippen LogP contribution in [0.15, 0.2) is 48.5 Å². The molecule has 1 saturated carbocycles. The highest BCUT2D eigenvalue weighted by molar-refractivity contribution is 5.85. The smallest absolute Gasteiger partial charge is 0.266 e. The molecule has 3 nitrogen and oxygen atoms in total. The van der Waals surface area contributed by atoms with Gasteiger partial charge in [0.15, 0.2) is 5.60 Å². The van der Waals surface area contributed by atoms with Crippen LogP contribution in [0.4, 0.5) is 8.78 Å². The van der Waals surface area contributed by atoms with Gasteiger partial charge in [-0.25, -0.2) is 8.78 Å². The molecule has 0 aliphatic heterocycles. The van der Waals surface area contributed by atoms with Crippen molar-refractivity contribution in [2.75, 3.05) is 0 Å². The Morgan fingerprint density at radius 1 is 1.12 bits per heavy atom. The number of ether oxygens (including phenoxy) is 1. The number of hydrogen-bond donors (Lipinski definition) is 0. The van der Waals surface area contributed by atoms with Gasteiger partial charge in [-0.05, 0) is 68.7 Å². The molecule has 0 heterocycles. The number of halogens is 2. The Kier molecular flexibility index (Phi) is 4.75. The number of nitrogens with zero attached hydrogens (tertiary/aromatic N) is 1. The summed E-state index contributed by atoms with van der Waals surface area (Å²) in [5.74, 6) is -0.408. The van der Waals surface area contributed by atoms with Gasteiger partial charge in [-0.1, -0.05) is 12.1 Å². The first-order valence-corrected chi connectivity index (χ1v) is 8.35. The highest BCUT2D eigenvalue weighted by atomic mass is 19.1. The van der Waals surface area contributed by atoms with Gasteiger partial charge in [0, 0.05) is 12.6 Å². The lowest BCUT2D eigenvalue weighted by Crippen LogP contribution is -2.49. The lowest BCUT2D eigenvalue weighted by molar-refractivity contribution is -0.146. The van der Waals surface area contributed by atoms with Crippen LogP contribution in [0.2, 0.25) is 0 Å². The summed E-state index contributed by atoms with van der Waals surface area (Å²) in [6.45, 7) is 3.73. The number of benzene rings is 2. The van der Waals surface area contributed by atoms with Gasteiger partial charge in [-0.15, -0.1) is 0 Å². The van der Waals surface area contributed by atoms with Crippen LogP contribution in [0, 0.1) is 11.6 Å². The Morgan fingerprint density at radius 2 is 1.80 bits per heavy atom. The second kappa shape index (κ2) is 6.82. The summed E-state index contributed by atoms with van der Waals surface area (Å²) in [5, 5.41) is 0. The van der Waals surface area contributed by atoms with Crippen LogP contribution in [0.3, 0.4) is 0 Å². The standard InChI is InChI=1S/C20H21F2NO2/c1-20(2,25-18-10-6-15(21)7-11-18)19(24)23(17-8-9-17)13-14-4-3-5-16(22)12-14/h3-7,10-12,17H,8-9,13H2,1-2H3. The first-order valence-electron chi connectivity index (χ1n) is 8.35. The third-order valence-corrected chi connectivity index (χ3v) is 4.19. The van der Waals surface area contributed by atoms with Crippen molar-refractivity contribution in [3.8, 4) is 5.75 Å². The molecule has 0 unspecified atom stereocenters. The second-order valence-electron chi connectivity index (χ2n) is 6.86. The van der Waals surface area contributed by atoms with Crippen LogP contribution in [0.5, 0.6) is 5.75 Å².